The zero-order chi connectivity index (χ0) is 19.9. The van der Waals surface area contributed by atoms with Crippen molar-refractivity contribution in [2.45, 2.75) is 13.1 Å². The van der Waals surface area contributed by atoms with Gasteiger partial charge in [0.15, 0.2) is 0 Å². The van der Waals surface area contributed by atoms with E-state index in [9.17, 15) is 4.79 Å². The van der Waals surface area contributed by atoms with Crippen molar-refractivity contribution < 1.29 is 9.53 Å². The second kappa shape index (κ2) is 9.39. The molecule has 0 bridgehead atoms. The minimum Gasteiger partial charge on any atom is -0.378 e. The van der Waals surface area contributed by atoms with Gasteiger partial charge in [0.2, 0.25) is 0 Å². The summed E-state index contributed by atoms with van der Waals surface area (Å²) in [5, 5.41) is 0. The largest absolute Gasteiger partial charge is 0.378 e. The number of amides is 1. The second-order valence-electron chi connectivity index (χ2n) is 7.28. The van der Waals surface area contributed by atoms with E-state index in [0.717, 1.165) is 43.1 Å². The number of carbonyl (C=O) groups excluding carboxylic acids is 1. The summed E-state index contributed by atoms with van der Waals surface area (Å²) < 4.78 is 5.43. The molecular weight excluding hydrogens is 360 g/mol. The van der Waals surface area contributed by atoms with Crippen molar-refractivity contribution in [1.29, 1.82) is 0 Å². The maximum absolute atomic E-state index is 13.3. The Morgan fingerprint density at radius 3 is 1.79 bits per heavy atom. The lowest BCUT2D eigenvalue weighted by Gasteiger charge is -2.29. The normalized spacial score (nSPS) is 13.9. The molecule has 1 amide bonds. The highest BCUT2D eigenvalue weighted by Gasteiger charge is 2.18. The smallest absolute Gasteiger partial charge is 0.254 e. The first-order valence-corrected chi connectivity index (χ1v) is 10.1. The van der Waals surface area contributed by atoms with E-state index in [1.165, 1.54) is 0 Å². The molecule has 3 aromatic rings. The Hall–Kier alpha value is -3.11. The summed E-state index contributed by atoms with van der Waals surface area (Å²) in [5.74, 6) is 0.0474. The lowest BCUT2D eigenvalue weighted by atomic mass is 10.1. The van der Waals surface area contributed by atoms with E-state index in [2.05, 4.69) is 29.2 Å². The molecule has 0 N–H and O–H groups in total. The second-order valence-corrected chi connectivity index (χ2v) is 7.28. The van der Waals surface area contributed by atoms with Crippen molar-refractivity contribution in [2.75, 3.05) is 31.2 Å². The van der Waals surface area contributed by atoms with Gasteiger partial charge in [-0.15, -0.1) is 0 Å². The molecule has 1 fully saturated rings. The first-order chi connectivity index (χ1) is 14.3. The predicted octanol–water partition coefficient (Wildman–Crippen LogP) is 4.37. The first-order valence-electron chi connectivity index (χ1n) is 10.1. The van der Waals surface area contributed by atoms with Crippen LogP contribution >= 0.6 is 0 Å². The number of anilines is 1. The molecule has 4 heteroatoms. The van der Waals surface area contributed by atoms with Crippen LogP contribution in [0.2, 0.25) is 0 Å². The third-order valence-electron chi connectivity index (χ3n) is 5.21. The lowest BCUT2D eigenvalue weighted by molar-refractivity contribution is 0.0730. The van der Waals surface area contributed by atoms with Gasteiger partial charge in [-0.25, -0.2) is 0 Å². The third-order valence-corrected chi connectivity index (χ3v) is 5.21. The van der Waals surface area contributed by atoms with Gasteiger partial charge in [-0.2, -0.15) is 0 Å². The fourth-order valence-corrected chi connectivity index (χ4v) is 3.63. The summed E-state index contributed by atoms with van der Waals surface area (Å²) in [7, 11) is 0. The van der Waals surface area contributed by atoms with Gasteiger partial charge in [-0.05, 0) is 35.4 Å². The molecule has 0 saturated carbocycles. The Bertz CT molecular complexity index is 863. The Morgan fingerprint density at radius 2 is 1.28 bits per heavy atom. The van der Waals surface area contributed by atoms with Crippen LogP contribution < -0.4 is 4.90 Å². The van der Waals surface area contributed by atoms with E-state index in [0.29, 0.717) is 18.7 Å². The van der Waals surface area contributed by atoms with E-state index in [4.69, 9.17) is 4.74 Å². The minimum absolute atomic E-state index is 0.0474. The monoisotopic (exact) mass is 386 g/mol. The van der Waals surface area contributed by atoms with Crippen LogP contribution in [0.3, 0.4) is 0 Å². The number of hydrogen-bond acceptors (Lipinski definition) is 3. The molecule has 4 nitrogen and oxygen atoms in total. The Kier molecular flexibility index (Phi) is 6.22. The molecule has 0 atom stereocenters. The predicted molar refractivity (Wildman–Crippen MR) is 116 cm³/mol. The summed E-state index contributed by atoms with van der Waals surface area (Å²) in [6.07, 6.45) is 0. The molecule has 0 unspecified atom stereocenters. The van der Waals surface area contributed by atoms with Crippen LogP contribution in [0, 0.1) is 0 Å². The Labute approximate surface area is 172 Å². The first kappa shape index (κ1) is 19.2. The van der Waals surface area contributed by atoms with E-state index >= 15 is 0 Å². The lowest BCUT2D eigenvalue weighted by Crippen LogP contribution is -2.36. The Balaban J connectivity index is 1.53. The standard InChI is InChI=1S/C25H26N2O2/c28-25(23-11-13-24(14-12-23)26-15-17-29-18-16-26)27(19-21-7-3-1-4-8-21)20-22-9-5-2-6-10-22/h1-14H,15-20H2. The molecule has 1 saturated heterocycles. The molecule has 148 valence electrons. The quantitative estimate of drug-likeness (QED) is 0.631. The van der Waals surface area contributed by atoms with Gasteiger partial charge >= 0.3 is 0 Å². The van der Waals surface area contributed by atoms with Crippen LogP contribution in [-0.4, -0.2) is 37.1 Å². The maximum Gasteiger partial charge on any atom is 0.254 e. The molecular formula is C25H26N2O2. The van der Waals surface area contributed by atoms with Crippen molar-refractivity contribution in [1.82, 2.24) is 4.90 Å². The minimum atomic E-state index is 0.0474. The summed E-state index contributed by atoms with van der Waals surface area (Å²) in [5.41, 5.74) is 4.11. The van der Waals surface area contributed by atoms with E-state index in [-0.39, 0.29) is 5.91 Å². The fourth-order valence-electron chi connectivity index (χ4n) is 3.63. The SMILES string of the molecule is O=C(c1ccc(N2CCOCC2)cc1)N(Cc1ccccc1)Cc1ccccc1. The highest BCUT2D eigenvalue weighted by molar-refractivity contribution is 5.94. The van der Waals surface area contributed by atoms with Gasteiger partial charge < -0.3 is 14.5 Å². The molecule has 0 spiro atoms. The van der Waals surface area contributed by atoms with Gasteiger partial charge in [0.25, 0.3) is 5.91 Å². The zero-order valence-electron chi connectivity index (χ0n) is 16.5. The van der Waals surface area contributed by atoms with E-state index in [1.807, 2.05) is 65.6 Å². The molecule has 1 aliphatic rings. The fraction of sp³-hybridized carbons (Fsp3) is 0.240. The number of carbonyl (C=O) groups is 1. The van der Waals surface area contributed by atoms with Crippen LogP contribution in [0.4, 0.5) is 5.69 Å². The van der Waals surface area contributed by atoms with Gasteiger partial charge in [-0.1, -0.05) is 60.7 Å². The van der Waals surface area contributed by atoms with Crippen molar-refractivity contribution in [3.63, 3.8) is 0 Å². The van der Waals surface area contributed by atoms with Gasteiger partial charge in [0.1, 0.15) is 0 Å². The molecule has 29 heavy (non-hydrogen) atoms. The van der Waals surface area contributed by atoms with E-state index in [1.54, 1.807) is 0 Å². The van der Waals surface area contributed by atoms with E-state index < -0.39 is 0 Å². The number of benzene rings is 3. The number of ether oxygens (including phenoxy) is 1. The van der Waals surface area contributed by atoms with Crippen LogP contribution in [-0.2, 0) is 17.8 Å². The molecule has 4 rings (SSSR count). The van der Waals surface area contributed by atoms with Gasteiger partial charge in [0, 0.05) is 37.4 Å². The summed E-state index contributed by atoms with van der Waals surface area (Å²) in [6, 6.07) is 28.3. The molecule has 1 aliphatic heterocycles. The van der Waals surface area contributed by atoms with Crippen molar-refractivity contribution >= 4 is 11.6 Å². The zero-order valence-corrected chi connectivity index (χ0v) is 16.5. The van der Waals surface area contributed by atoms with Crippen LogP contribution in [0.15, 0.2) is 84.9 Å². The topological polar surface area (TPSA) is 32.8 Å². The molecule has 0 aliphatic carbocycles. The number of morpholine rings is 1. The molecule has 0 aromatic heterocycles. The van der Waals surface area contributed by atoms with Crippen LogP contribution in [0.1, 0.15) is 21.5 Å². The number of rotatable bonds is 6. The van der Waals surface area contributed by atoms with Crippen LogP contribution in [0.5, 0.6) is 0 Å². The number of nitrogens with zero attached hydrogens (tertiary/aromatic N) is 2. The Morgan fingerprint density at radius 1 is 0.759 bits per heavy atom. The third kappa shape index (κ3) is 5.04. The average molecular weight is 386 g/mol. The average Bonchev–Trinajstić information content (AvgIpc) is 2.80. The van der Waals surface area contributed by atoms with Crippen molar-refractivity contribution in [3.05, 3.63) is 102 Å². The summed E-state index contributed by atoms with van der Waals surface area (Å²) in [6.45, 7) is 4.45. The molecule has 0 radical (unpaired) electrons. The van der Waals surface area contributed by atoms with Crippen LogP contribution in [0.25, 0.3) is 0 Å². The summed E-state index contributed by atoms with van der Waals surface area (Å²) >= 11 is 0. The molecule has 3 aromatic carbocycles. The summed E-state index contributed by atoms with van der Waals surface area (Å²) in [4.78, 5) is 17.5. The number of hydrogen-bond donors (Lipinski definition) is 0. The maximum atomic E-state index is 13.3. The molecule has 1 heterocycles. The van der Waals surface area contributed by atoms with Gasteiger partial charge in [-0.3, -0.25) is 4.79 Å². The van der Waals surface area contributed by atoms with Crippen molar-refractivity contribution in [2.24, 2.45) is 0 Å². The van der Waals surface area contributed by atoms with Gasteiger partial charge in [0.05, 0.1) is 13.2 Å². The highest BCUT2D eigenvalue weighted by atomic mass is 16.5. The highest BCUT2D eigenvalue weighted by Crippen LogP contribution is 2.19. The van der Waals surface area contributed by atoms with Crippen molar-refractivity contribution in [3.8, 4) is 0 Å².